The molecule has 1 amide bonds. The fraction of sp³-hybridized carbons (Fsp3) is 0.235. The third-order valence-corrected chi connectivity index (χ3v) is 3.60. The maximum Gasteiger partial charge on any atom is 0.249 e. The molecule has 0 aliphatic rings. The number of aryl methyl sites for hydroxylation is 3. The molecular formula is C17H16FN3O2. The number of halogens is 1. The Kier molecular flexibility index (Phi) is 4.98. The van der Waals surface area contributed by atoms with Crippen molar-refractivity contribution < 1.29 is 13.9 Å². The number of carbonyl (C=O) groups is 1. The molecule has 0 spiro atoms. The molecule has 0 aliphatic heterocycles. The molecule has 0 aromatic heterocycles. The van der Waals surface area contributed by atoms with Crippen LogP contribution in [0.5, 0.6) is 5.75 Å². The molecule has 5 nitrogen and oxygen atoms in total. The van der Waals surface area contributed by atoms with E-state index in [0.717, 1.165) is 11.1 Å². The molecular weight excluding hydrogens is 297 g/mol. The van der Waals surface area contributed by atoms with Crippen molar-refractivity contribution in [1.29, 1.82) is 0 Å². The van der Waals surface area contributed by atoms with E-state index >= 15 is 0 Å². The van der Waals surface area contributed by atoms with Gasteiger partial charge in [-0.3, -0.25) is 4.79 Å². The van der Waals surface area contributed by atoms with Crippen LogP contribution >= 0.6 is 0 Å². The second kappa shape index (κ2) is 6.94. The van der Waals surface area contributed by atoms with Gasteiger partial charge in [-0.2, -0.15) is 0 Å². The first kappa shape index (κ1) is 16.5. The van der Waals surface area contributed by atoms with Gasteiger partial charge in [0.15, 0.2) is 0 Å². The standard InChI is InChI=1S/C17H16FN3O2/c1-10-5-4-6-13(17(22)20-21-19)14(10)9-23-16-8-15(18)11(2)7-12(16)3/h4-8H,9H2,1-3H3. The highest BCUT2D eigenvalue weighted by Crippen LogP contribution is 2.24. The lowest BCUT2D eigenvalue weighted by molar-refractivity contribution is 0.0997. The van der Waals surface area contributed by atoms with Gasteiger partial charge in [-0.15, -0.1) is 0 Å². The molecule has 0 atom stereocenters. The van der Waals surface area contributed by atoms with E-state index in [1.807, 2.05) is 19.9 Å². The topological polar surface area (TPSA) is 75.1 Å². The summed E-state index contributed by atoms with van der Waals surface area (Å²) in [6.07, 6.45) is 0. The van der Waals surface area contributed by atoms with E-state index in [1.165, 1.54) is 6.07 Å². The van der Waals surface area contributed by atoms with E-state index in [1.54, 1.807) is 25.1 Å². The predicted octanol–water partition coefficient (Wildman–Crippen LogP) is 4.78. The summed E-state index contributed by atoms with van der Waals surface area (Å²) in [5.74, 6) is -0.596. The van der Waals surface area contributed by atoms with Crippen LogP contribution in [0.25, 0.3) is 10.4 Å². The summed E-state index contributed by atoms with van der Waals surface area (Å²) in [5.41, 5.74) is 11.5. The second-order valence-corrected chi connectivity index (χ2v) is 5.25. The molecule has 2 aromatic carbocycles. The molecule has 0 fully saturated rings. The number of azide groups is 1. The van der Waals surface area contributed by atoms with Gasteiger partial charge in [-0.05, 0) is 54.2 Å². The maximum atomic E-state index is 13.7. The van der Waals surface area contributed by atoms with Gasteiger partial charge in [0, 0.05) is 22.1 Å². The Labute approximate surface area is 133 Å². The van der Waals surface area contributed by atoms with Crippen molar-refractivity contribution >= 4 is 5.91 Å². The Morgan fingerprint density at radius 2 is 1.96 bits per heavy atom. The lowest BCUT2D eigenvalue weighted by atomic mass is 10.0. The minimum Gasteiger partial charge on any atom is -0.488 e. The minimum absolute atomic E-state index is 0.0814. The molecule has 23 heavy (non-hydrogen) atoms. The highest BCUT2D eigenvalue weighted by atomic mass is 19.1. The molecule has 6 heteroatoms. The number of ether oxygens (including phenoxy) is 1. The average Bonchev–Trinajstić information content (AvgIpc) is 2.50. The summed E-state index contributed by atoms with van der Waals surface area (Å²) in [4.78, 5) is 14.4. The van der Waals surface area contributed by atoms with Gasteiger partial charge >= 0.3 is 0 Å². The van der Waals surface area contributed by atoms with Gasteiger partial charge < -0.3 is 4.74 Å². The summed E-state index contributed by atoms with van der Waals surface area (Å²) in [6.45, 7) is 5.42. The first-order chi connectivity index (χ1) is 10.9. The van der Waals surface area contributed by atoms with Crippen LogP contribution in [0.15, 0.2) is 35.4 Å². The quantitative estimate of drug-likeness (QED) is 0.462. The lowest BCUT2D eigenvalue weighted by Crippen LogP contribution is -2.07. The van der Waals surface area contributed by atoms with Crippen molar-refractivity contribution in [2.24, 2.45) is 5.11 Å². The summed E-state index contributed by atoms with van der Waals surface area (Å²) in [5, 5.41) is 3.12. The molecule has 0 saturated heterocycles. The molecule has 0 saturated carbocycles. The number of nitrogens with zero attached hydrogens (tertiary/aromatic N) is 3. The fourth-order valence-corrected chi connectivity index (χ4v) is 2.30. The Bertz CT molecular complexity index is 812. The zero-order valence-corrected chi connectivity index (χ0v) is 13.1. The zero-order chi connectivity index (χ0) is 17.0. The van der Waals surface area contributed by atoms with Crippen LogP contribution in [0.4, 0.5) is 4.39 Å². The van der Waals surface area contributed by atoms with Crippen molar-refractivity contribution in [1.82, 2.24) is 0 Å². The highest BCUT2D eigenvalue weighted by Gasteiger charge is 2.13. The van der Waals surface area contributed by atoms with Crippen LogP contribution < -0.4 is 4.74 Å². The highest BCUT2D eigenvalue weighted by molar-refractivity contribution is 5.96. The van der Waals surface area contributed by atoms with Gasteiger partial charge in [0.05, 0.1) is 0 Å². The van der Waals surface area contributed by atoms with Crippen molar-refractivity contribution in [2.45, 2.75) is 27.4 Å². The van der Waals surface area contributed by atoms with E-state index < -0.39 is 5.91 Å². The number of hydrogen-bond donors (Lipinski definition) is 0. The smallest absolute Gasteiger partial charge is 0.249 e. The normalized spacial score (nSPS) is 10.1. The van der Waals surface area contributed by atoms with Gasteiger partial charge in [0.25, 0.3) is 0 Å². The van der Waals surface area contributed by atoms with E-state index in [9.17, 15) is 9.18 Å². The summed E-state index contributed by atoms with van der Waals surface area (Å²) < 4.78 is 19.4. The maximum absolute atomic E-state index is 13.7. The molecule has 118 valence electrons. The van der Waals surface area contributed by atoms with Crippen LogP contribution in [-0.2, 0) is 6.61 Å². The summed E-state index contributed by atoms with van der Waals surface area (Å²) in [7, 11) is 0. The van der Waals surface area contributed by atoms with Crippen molar-refractivity contribution in [3.63, 3.8) is 0 Å². The van der Waals surface area contributed by atoms with E-state index in [-0.39, 0.29) is 18.0 Å². The number of benzene rings is 2. The first-order valence-electron chi connectivity index (χ1n) is 7.01. The molecule has 0 bridgehead atoms. The van der Waals surface area contributed by atoms with E-state index in [2.05, 4.69) is 10.0 Å². The predicted molar refractivity (Wildman–Crippen MR) is 84.9 cm³/mol. The zero-order valence-electron chi connectivity index (χ0n) is 13.1. The van der Waals surface area contributed by atoms with Crippen LogP contribution in [0.2, 0.25) is 0 Å². The molecule has 0 heterocycles. The average molecular weight is 313 g/mol. The van der Waals surface area contributed by atoms with Gasteiger partial charge in [-0.1, -0.05) is 18.2 Å². The lowest BCUT2D eigenvalue weighted by Gasteiger charge is -2.14. The molecule has 2 rings (SSSR count). The van der Waals surface area contributed by atoms with Crippen molar-refractivity contribution in [2.75, 3.05) is 0 Å². The number of rotatable bonds is 4. The third-order valence-electron chi connectivity index (χ3n) is 3.60. The van der Waals surface area contributed by atoms with Crippen molar-refractivity contribution in [3.05, 3.63) is 74.4 Å². The molecule has 0 N–H and O–H groups in total. The second-order valence-electron chi connectivity index (χ2n) is 5.25. The van der Waals surface area contributed by atoms with Crippen molar-refractivity contribution in [3.8, 4) is 5.75 Å². The SMILES string of the molecule is Cc1cc(C)c(OCc2c(C)cccc2C(=O)N=[N+]=[N-])cc1F. The van der Waals surface area contributed by atoms with E-state index in [4.69, 9.17) is 10.3 Å². The van der Waals surface area contributed by atoms with Gasteiger partial charge in [0.1, 0.15) is 18.2 Å². The van der Waals surface area contributed by atoms with Crippen LogP contribution in [0.3, 0.4) is 0 Å². The Morgan fingerprint density at radius 3 is 2.65 bits per heavy atom. The first-order valence-corrected chi connectivity index (χ1v) is 7.01. The third kappa shape index (κ3) is 3.67. The summed E-state index contributed by atoms with van der Waals surface area (Å²) in [6, 6.07) is 8.14. The molecule has 0 radical (unpaired) electrons. The number of amides is 1. The molecule has 0 aliphatic carbocycles. The van der Waals surface area contributed by atoms with Crippen LogP contribution in [0, 0.1) is 26.6 Å². The van der Waals surface area contributed by atoms with Gasteiger partial charge in [-0.25, -0.2) is 4.39 Å². The Morgan fingerprint density at radius 1 is 1.22 bits per heavy atom. The van der Waals surface area contributed by atoms with E-state index in [0.29, 0.717) is 16.9 Å². The minimum atomic E-state index is -0.665. The number of carbonyl (C=O) groups excluding carboxylic acids is 1. The molecule has 0 unspecified atom stereocenters. The monoisotopic (exact) mass is 313 g/mol. The summed E-state index contributed by atoms with van der Waals surface area (Å²) >= 11 is 0. The van der Waals surface area contributed by atoms with Gasteiger partial charge in [0.2, 0.25) is 5.91 Å². The van der Waals surface area contributed by atoms with Crippen LogP contribution in [0.1, 0.15) is 32.6 Å². The Balaban J connectivity index is 2.32. The largest absolute Gasteiger partial charge is 0.488 e. The fourth-order valence-electron chi connectivity index (χ4n) is 2.30. The Hall–Kier alpha value is -2.85. The number of hydrogen-bond acceptors (Lipinski definition) is 2. The van der Waals surface area contributed by atoms with Crippen LogP contribution in [-0.4, -0.2) is 5.91 Å². The molecule has 2 aromatic rings.